The van der Waals surface area contributed by atoms with Gasteiger partial charge in [-0.1, -0.05) is 12.1 Å². The van der Waals surface area contributed by atoms with Crippen molar-refractivity contribution >= 4 is 23.1 Å². The van der Waals surface area contributed by atoms with E-state index in [9.17, 15) is 4.79 Å². The summed E-state index contributed by atoms with van der Waals surface area (Å²) in [6, 6.07) is 12.2. The lowest BCUT2D eigenvalue weighted by molar-refractivity contribution is 0.0983. The molecule has 0 radical (unpaired) electrons. The summed E-state index contributed by atoms with van der Waals surface area (Å²) in [5.41, 5.74) is 2.02. The van der Waals surface area contributed by atoms with Crippen LogP contribution in [-0.4, -0.2) is 46.3 Å². The van der Waals surface area contributed by atoms with E-state index in [0.29, 0.717) is 26.2 Å². The first-order valence-corrected chi connectivity index (χ1v) is 9.40. The van der Waals surface area contributed by atoms with Crippen molar-refractivity contribution in [3.05, 3.63) is 48.4 Å². The number of aromatic nitrogens is 2. The second-order valence-electron chi connectivity index (χ2n) is 6.69. The largest absolute Gasteiger partial charge is 0.467 e. The first kappa shape index (κ1) is 17.5. The summed E-state index contributed by atoms with van der Waals surface area (Å²) in [5.74, 6) is 1.72. The van der Waals surface area contributed by atoms with Crippen LogP contribution in [0.4, 0.5) is 10.7 Å². The van der Waals surface area contributed by atoms with E-state index in [0.717, 1.165) is 35.6 Å². The zero-order chi connectivity index (χ0) is 18.6. The zero-order valence-electron chi connectivity index (χ0n) is 15.4. The maximum absolute atomic E-state index is 11.9. The van der Waals surface area contributed by atoms with Crippen LogP contribution in [0.2, 0.25) is 0 Å². The van der Waals surface area contributed by atoms with Crippen LogP contribution >= 0.6 is 0 Å². The van der Waals surface area contributed by atoms with Crippen molar-refractivity contribution in [1.29, 1.82) is 0 Å². The summed E-state index contributed by atoms with van der Waals surface area (Å²) >= 11 is 0. The number of benzene rings is 1. The van der Waals surface area contributed by atoms with E-state index in [1.165, 1.54) is 0 Å². The maximum atomic E-state index is 11.9. The Morgan fingerprint density at radius 3 is 2.81 bits per heavy atom. The lowest BCUT2D eigenvalue weighted by atomic mass is 10.1. The maximum Gasteiger partial charge on any atom is 0.409 e. The van der Waals surface area contributed by atoms with Gasteiger partial charge in [0.05, 0.1) is 30.4 Å². The number of amides is 1. The average molecular weight is 368 g/mol. The van der Waals surface area contributed by atoms with Gasteiger partial charge in [-0.2, -0.15) is 0 Å². The van der Waals surface area contributed by atoms with Crippen molar-refractivity contribution in [3.8, 4) is 0 Å². The first-order chi connectivity index (χ1) is 13.2. The Balaban J connectivity index is 1.50. The number of para-hydroxylation sites is 2. The molecule has 3 aromatic rings. The van der Waals surface area contributed by atoms with Gasteiger partial charge in [0, 0.05) is 19.1 Å². The molecule has 7 nitrogen and oxygen atoms in total. The van der Waals surface area contributed by atoms with Gasteiger partial charge in [-0.05, 0) is 44.0 Å². The quantitative estimate of drug-likeness (QED) is 0.743. The fourth-order valence-electron chi connectivity index (χ4n) is 3.51. The van der Waals surface area contributed by atoms with Crippen LogP contribution in [0.1, 0.15) is 25.5 Å². The van der Waals surface area contributed by atoms with Gasteiger partial charge in [-0.25, -0.2) is 9.78 Å². The molecule has 142 valence electrons. The number of nitrogens with one attached hydrogen (secondary N) is 1. The van der Waals surface area contributed by atoms with Crippen LogP contribution in [0.25, 0.3) is 11.0 Å². The highest BCUT2D eigenvalue weighted by atomic mass is 16.6. The van der Waals surface area contributed by atoms with Gasteiger partial charge in [-0.15, -0.1) is 0 Å². The van der Waals surface area contributed by atoms with Gasteiger partial charge in [0.15, 0.2) is 0 Å². The Morgan fingerprint density at radius 1 is 1.26 bits per heavy atom. The molecule has 1 aliphatic heterocycles. The molecule has 0 bridgehead atoms. The van der Waals surface area contributed by atoms with E-state index in [2.05, 4.69) is 16.0 Å². The molecular formula is C20H24N4O3. The van der Waals surface area contributed by atoms with Crippen molar-refractivity contribution < 1.29 is 13.9 Å². The molecule has 0 unspecified atom stereocenters. The molecule has 27 heavy (non-hydrogen) atoms. The van der Waals surface area contributed by atoms with Crippen LogP contribution in [0.5, 0.6) is 0 Å². The van der Waals surface area contributed by atoms with Crippen LogP contribution in [0, 0.1) is 0 Å². The van der Waals surface area contributed by atoms with Crippen molar-refractivity contribution in [2.24, 2.45) is 0 Å². The molecule has 3 heterocycles. The third kappa shape index (κ3) is 3.77. The van der Waals surface area contributed by atoms with E-state index in [1.54, 1.807) is 11.2 Å². The van der Waals surface area contributed by atoms with Crippen LogP contribution in [0.3, 0.4) is 0 Å². The van der Waals surface area contributed by atoms with E-state index in [1.807, 2.05) is 37.3 Å². The lowest BCUT2D eigenvalue weighted by Crippen LogP contribution is -2.42. The summed E-state index contributed by atoms with van der Waals surface area (Å²) in [6.45, 7) is 4.24. The number of carbonyl (C=O) groups is 1. The topological polar surface area (TPSA) is 72.5 Å². The normalized spacial score (nSPS) is 15.2. The van der Waals surface area contributed by atoms with Gasteiger partial charge in [-0.3, -0.25) is 0 Å². The Labute approximate surface area is 157 Å². The fourth-order valence-corrected chi connectivity index (χ4v) is 3.51. The molecule has 0 atom stereocenters. The summed E-state index contributed by atoms with van der Waals surface area (Å²) in [5, 5.41) is 3.57. The van der Waals surface area contributed by atoms with Gasteiger partial charge in [0.25, 0.3) is 0 Å². The summed E-state index contributed by atoms with van der Waals surface area (Å²) in [7, 11) is 0. The lowest BCUT2D eigenvalue weighted by Gasteiger charge is -2.31. The SMILES string of the molecule is CCOC(=O)N1CCC(Nc2nc3ccccc3n2Cc2ccco2)CC1. The summed E-state index contributed by atoms with van der Waals surface area (Å²) < 4.78 is 12.8. The molecule has 7 heteroatoms. The molecule has 1 saturated heterocycles. The second-order valence-corrected chi connectivity index (χ2v) is 6.69. The molecule has 4 rings (SSSR count). The molecule has 1 aliphatic rings. The number of likely N-dealkylation sites (tertiary alicyclic amines) is 1. The fraction of sp³-hybridized carbons (Fsp3) is 0.400. The molecule has 2 aromatic heterocycles. The third-order valence-electron chi connectivity index (χ3n) is 4.90. The molecule has 0 spiro atoms. The van der Waals surface area contributed by atoms with Crippen molar-refractivity contribution in [1.82, 2.24) is 14.5 Å². The number of hydrogen-bond acceptors (Lipinski definition) is 5. The Kier molecular flexibility index (Phi) is 5.00. The van der Waals surface area contributed by atoms with Crippen molar-refractivity contribution in [2.45, 2.75) is 32.4 Å². The number of nitrogens with zero attached hydrogens (tertiary/aromatic N) is 3. The average Bonchev–Trinajstić information content (AvgIpc) is 3.31. The van der Waals surface area contributed by atoms with E-state index in [4.69, 9.17) is 14.1 Å². The molecule has 1 N–H and O–H groups in total. The number of imidazole rings is 1. The predicted molar refractivity (Wildman–Crippen MR) is 103 cm³/mol. The highest BCUT2D eigenvalue weighted by molar-refractivity contribution is 5.78. The zero-order valence-corrected chi connectivity index (χ0v) is 15.4. The Morgan fingerprint density at radius 2 is 2.07 bits per heavy atom. The summed E-state index contributed by atoms with van der Waals surface area (Å²) in [4.78, 5) is 18.4. The highest BCUT2D eigenvalue weighted by Gasteiger charge is 2.25. The molecule has 0 saturated carbocycles. The predicted octanol–water partition coefficient (Wildman–Crippen LogP) is 3.71. The number of anilines is 1. The molecule has 1 amide bonds. The third-order valence-corrected chi connectivity index (χ3v) is 4.90. The number of piperidine rings is 1. The Hall–Kier alpha value is -2.96. The van der Waals surface area contributed by atoms with Gasteiger partial charge >= 0.3 is 6.09 Å². The molecular weight excluding hydrogens is 344 g/mol. The minimum atomic E-state index is -0.221. The smallest absolute Gasteiger partial charge is 0.409 e. The number of furan rings is 1. The Bertz CT molecular complexity index is 895. The molecule has 1 aromatic carbocycles. The molecule has 0 aliphatic carbocycles. The first-order valence-electron chi connectivity index (χ1n) is 9.40. The van der Waals surface area contributed by atoms with Gasteiger partial charge in [0.1, 0.15) is 5.76 Å². The van der Waals surface area contributed by atoms with Gasteiger partial charge < -0.3 is 23.9 Å². The molecule has 1 fully saturated rings. The minimum Gasteiger partial charge on any atom is -0.467 e. The van der Waals surface area contributed by atoms with Gasteiger partial charge in [0.2, 0.25) is 5.95 Å². The monoisotopic (exact) mass is 368 g/mol. The number of rotatable bonds is 5. The van der Waals surface area contributed by atoms with Crippen LogP contribution < -0.4 is 5.32 Å². The minimum absolute atomic E-state index is 0.221. The standard InChI is InChI=1S/C20H24N4O3/c1-2-26-20(25)23-11-9-15(10-12-23)21-19-22-17-7-3-4-8-18(17)24(19)14-16-6-5-13-27-16/h3-8,13,15H,2,9-12,14H2,1H3,(H,21,22). The number of fused-ring (bicyclic) bond motifs is 1. The summed E-state index contributed by atoms with van der Waals surface area (Å²) in [6.07, 6.45) is 3.19. The number of hydrogen-bond donors (Lipinski definition) is 1. The van der Waals surface area contributed by atoms with Crippen LogP contribution in [-0.2, 0) is 11.3 Å². The highest BCUT2D eigenvalue weighted by Crippen LogP contribution is 2.24. The van der Waals surface area contributed by atoms with Crippen LogP contribution in [0.15, 0.2) is 47.1 Å². The second kappa shape index (κ2) is 7.73. The van der Waals surface area contributed by atoms with E-state index >= 15 is 0 Å². The van der Waals surface area contributed by atoms with E-state index < -0.39 is 0 Å². The van der Waals surface area contributed by atoms with Crippen molar-refractivity contribution in [3.63, 3.8) is 0 Å². The number of carbonyl (C=O) groups excluding carboxylic acids is 1. The van der Waals surface area contributed by atoms with E-state index in [-0.39, 0.29) is 12.1 Å². The van der Waals surface area contributed by atoms with Crippen molar-refractivity contribution in [2.75, 3.05) is 25.0 Å². The number of ether oxygens (including phenoxy) is 1.